The van der Waals surface area contributed by atoms with Gasteiger partial charge in [-0.3, -0.25) is 0 Å². The van der Waals surface area contributed by atoms with Crippen LogP contribution in [-0.2, 0) is 19.3 Å². The molecule has 0 radical (unpaired) electrons. The lowest BCUT2D eigenvalue weighted by Crippen LogP contribution is -2.41. The summed E-state index contributed by atoms with van der Waals surface area (Å²) in [6, 6.07) is 5.28. The number of rotatable bonds is 2. The number of hydrogen-bond acceptors (Lipinski definition) is 5. The monoisotopic (exact) mass is 350 g/mol. The molecule has 1 aromatic rings. The van der Waals surface area contributed by atoms with Crippen LogP contribution in [-0.4, -0.2) is 38.6 Å². The number of nitrogens with zero attached hydrogens (tertiary/aromatic N) is 1. The van der Waals surface area contributed by atoms with Crippen molar-refractivity contribution in [3.05, 3.63) is 23.8 Å². The molecule has 24 heavy (non-hydrogen) atoms. The van der Waals surface area contributed by atoms with E-state index in [0.717, 1.165) is 0 Å². The maximum atomic E-state index is 12.4. The fraction of sp³-hybridized carbons (Fsp3) is 0.562. The molecule has 1 aromatic carbocycles. The molecule has 0 unspecified atom stereocenters. The topological polar surface area (TPSA) is 77.0 Å². The molecule has 2 aliphatic rings. The van der Waals surface area contributed by atoms with Gasteiger partial charge in [0.2, 0.25) is 0 Å². The number of fused-ring (bicyclic) bond motifs is 1. The Bertz CT molecular complexity index is 799. The average Bonchev–Trinajstić information content (AvgIpc) is 2.79. The van der Waals surface area contributed by atoms with Gasteiger partial charge < -0.3 is 14.6 Å². The molecule has 0 bridgehead atoms. The van der Waals surface area contributed by atoms with Crippen molar-refractivity contribution in [2.75, 3.05) is 0 Å². The van der Waals surface area contributed by atoms with Crippen LogP contribution in [0.5, 0.6) is 0 Å². The summed E-state index contributed by atoms with van der Waals surface area (Å²) in [7, 11) is -4.30. The van der Waals surface area contributed by atoms with Crippen LogP contribution >= 0.6 is 0 Å². The molecule has 130 valence electrons. The van der Waals surface area contributed by atoms with E-state index in [1.54, 1.807) is 12.1 Å². The van der Waals surface area contributed by atoms with Gasteiger partial charge in [-0.25, -0.2) is 0 Å². The second-order valence-corrected chi connectivity index (χ2v) is 9.13. The van der Waals surface area contributed by atoms with E-state index in [2.05, 4.69) is 9.71 Å². The standard InChI is InChI=1S/C16H23BN2O4S/c1-10(2)18-14-12-8-7-11(9-13(12)24(20,21)19-14)17-22-15(3,4)16(5,6)23-17/h7-10H,1-6H3,(H,18,19). The summed E-state index contributed by atoms with van der Waals surface area (Å²) in [6.07, 6.45) is 0. The van der Waals surface area contributed by atoms with Crippen LogP contribution in [0, 0.1) is 0 Å². The molecule has 2 aliphatic heterocycles. The summed E-state index contributed by atoms with van der Waals surface area (Å²) in [5.41, 5.74) is 0.313. The largest absolute Gasteiger partial charge is 0.494 e. The third kappa shape index (κ3) is 2.76. The molecule has 6 nitrogen and oxygen atoms in total. The smallest absolute Gasteiger partial charge is 0.399 e. The summed E-state index contributed by atoms with van der Waals surface area (Å²) in [5, 5.41) is 3.08. The Hall–Kier alpha value is -1.38. The minimum absolute atomic E-state index is 0.0904. The Labute approximate surface area is 143 Å². The fourth-order valence-electron chi connectivity index (χ4n) is 2.67. The first-order valence-electron chi connectivity index (χ1n) is 8.04. The number of amidine groups is 1. The summed E-state index contributed by atoms with van der Waals surface area (Å²) >= 11 is 0. The highest BCUT2D eigenvalue weighted by Crippen LogP contribution is 2.37. The van der Waals surface area contributed by atoms with Crippen molar-refractivity contribution in [1.29, 1.82) is 0 Å². The maximum Gasteiger partial charge on any atom is 0.494 e. The highest BCUT2D eigenvalue weighted by molar-refractivity contribution is 7.90. The first-order chi connectivity index (χ1) is 10.9. The zero-order valence-corrected chi connectivity index (χ0v) is 15.7. The molecule has 0 amide bonds. The summed E-state index contributed by atoms with van der Waals surface area (Å²) in [5.74, 6) is 0.389. The van der Waals surface area contributed by atoms with Crippen molar-refractivity contribution >= 4 is 28.4 Å². The van der Waals surface area contributed by atoms with E-state index >= 15 is 0 Å². The normalized spacial score (nSPS) is 23.3. The Balaban J connectivity index is 1.98. The van der Waals surface area contributed by atoms with Crippen molar-refractivity contribution in [3.8, 4) is 0 Å². The van der Waals surface area contributed by atoms with Crippen LogP contribution < -0.4 is 10.8 Å². The second-order valence-electron chi connectivity index (χ2n) is 7.56. The first kappa shape index (κ1) is 17.4. The van der Waals surface area contributed by atoms with Gasteiger partial charge >= 0.3 is 7.12 Å². The fourth-order valence-corrected chi connectivity index (χ4v) is 3.89. The Morgan fingerprint density at radius 1 is 1.12 bits per heavy atom. The molecule has 0 aliphatic carbocycles. The lowest BCUT2D eigenvalue weighted by molar-refractivity contribution is 0.00578. The number of sulfonamides is 1. The number of nitrogens with one attached hydrogen (secondary N) is 1. The van der Waals surface area contributed by atoms with Crippen LogP contribution in [0.3, 0.4) is 0 Å². The highest BCUT2D eigenvalue weighted by Gasteiger charge is 2.52. The Morgan fingerprint density at radius 3 is 2.25 bits per heavy atom. The van der Waals surface area contributed by atoms with E-state index in [9.17, 15) is 8.42 Å². The number of benzene rings is 1. The molecule has 1 fully saturated rings. The minimum Gasteiger partial charge on any atom is -0.399 e. The molecule has 8 heteroatoms. The van der Waals surface area contributed by atoms with Crippen molar-refractivity contribution in [1.82, 2.24) is 5.32 Å². The zero-order valence-electron chi connectivity index (χ0n) is 14.9. The molecule has 3 rings (SSSR count). The predicted molar refractivity (Wildman–Crippen MR) is 94.2 cm³/mol. The van der Waals surface area contributed by atoms with E-state index in [4.69, 9.17) is 9.31 Å². The minimum atomic E-state index is -3.70. The molecule has 0 spiro atoms. The lowest BCUT2D eigenvalue weighted by atomic mass is 9.79. The van der Waals surface area contributed by atoms with Gasteiger partial charge in [-0.1, -0.05) is 12.1 Å². The Morgan fingerprint density at radius 2 is 1.71 bits per heavy atom. The van der Waals surface area contributed by atoms with Gasteiger partial charge in [-0.15, -0.1) is 4.40 Å². The molecule has 1 N–H and O–H groups in total. The van der Waals surface area contributed by atoms with Crippen LogP contribution in [0.15, 0.2) is 27.5 Å². The second kappa shape index (κ2) is 5.31. The van der Waals surface area contributed by atoms with Gasteiger partial charge in [0.05, 0.1) is 16.1 Å². The van der Waals surface area contributed by atoms with Gasteiger partial charge in [0, 0.05) is 11.6 Å². The van der Waals surface area contributed by atoms with E-state index in [-0.39, 0.29) is 10.9 Å². The SMILES string of the molecule is CC(C)NC1=NS(=O)(=O)c2cc(B3OC(C)(C)C(C)(C)O3)ccc21. The van der Waals surface area contributed by atoms with Crippen molar-refractivity contribution < 1.29 is 17.7 Å². The molecular formula is C16H23BN2O4S. The van der Waals surface area contributed by atoms with Gasteiger partial charge in [0.15, 0.2) is 0 Å². The molecule has 2 heterocycles. The average molecular weight is 350 g/mol. The van der Waals surface area contributed by atoms with Crippen LogP contribution in [0.2, 0.25) is 0 Å². The quantitative estimate of drug-likeness (QED) is 0.817. The van der Waals surface area contributed by atoms with Crippen molar-refractivity contribution in [3.63, 3.8) is 0 Å². The zero-order chi connectivity index (χ0) is 17.9. The summed E-state index contributed by atoms with van der Waals surface area (Å²) in [4.78, 5) is 0.192. The molecule has 0 atom stereocenters. The van der Waals surface area contributed by atoms with Gasteiger partial charge in [-0.05, 0) is 53.1 Å². The summed E-state index contributed by atoms with van der Waals surface area (Å²) in [6.45, 7) is 11.7. The molecule has 0 saturated carbocycles. The molecular weight excluding hydrogens is 327 g/mol. The van der Waals surface area contributed by atoms with E-state index in [1.165, 1.54) is 0 Å². The Kier molecular flexibility index (Phi) is 3.86. The molecule has 1 saturated heterocycles. The van der Waals surface area contributed by atoms with Gasteiger partial charge in [0.1, 0.15) is 5.84 Å². The van der Waals surface area contributed by atoms with E-state index < -0.39 is 28.3 Å². The van der Waals surface area contributed by atoms with Gasteiger partial charge in [-0.2, -0.15) is 8.42 Å². The molecule has 0 aromatic heterocycles. The number of hydrogen-bond donors (Lipinski definition) is 1. The van der Waals surface area contributed by atoms with Crippen LogP contribution in [0.25, 0.3) is 0 Å². The van der Waals surface area contributed by atoms with Crippen LogP contribution in [0.1, 0.15) is 47.1 Å². The third-order valence-corrected chi connectivity index (χ3v) is 6.02. The predicted octanol–water partition coefficient (Wildman–Crippen LogP) is 1.43. The van der Waals surface area contributed by atoms with E-state index in [1.807, 2.05) is 47.6 Å². The third-order valence-electron chi connectivity index (χ3n) is 4.70. The highest BCUT2D eigenvalue weighted by atomic mass is 32.2. The van der Waals surface area contributed by atoms with Crippen molar-refractivity contribution in [2.24, 2.45) is 4.40 Å². The first-order valence-corrected chi connectivity index (χ1v) is 9.48. The lowest BCUT2D eigenvalue weighted by Gasteiger charge is -2.32. The maximum absolute atomic E-state index is 12.4. The van der Waals surface area contributed by atoms with Crippen molar-refractivity contribution in [2.45, 2.75) is 63.7 Å². The van der Waals surface area contributed by atoms with E-state index in [0.29, 0.717) is 16.9 Å². The summed E-state index contributed by atoms with van der Waals surface area (Å²) < 4.78 is 40.6. The van der Waals surface area contributed by atoms with Gasteiger partial charge in [0.25, 0.3) is 10.0 Å². The van der Waals surface area contributed by atoms with Crippen LogP contribution in [0.4, 0.5) is 0 Å².